The van der Waals surface area contributed by atoms with Gasteiger partial charge in [0.1, 0.15) is 5.75 Å². The third kappa shape index (κ3) is 3.72. The molecule has 0 saturated heterocycles. The number of nitrogens with two attached hydrogens (primary N) is 1. The molecular weight excluding hydrogens is 296 g/mol. The Morgan fingerprint density at radius 3 is 2.46 bits per heavy atom. The Balaban J connectivity index is 1.71. The Morgan fingerprint density at radius 1 is 1.12 bits per heavy atom. The number of hydrogen-bond acceptors (Lipinski definition) is 3. The second kappa shape index (κ2) is 6.72. The first-order valence-corrected chi connectivity index (χ1v) is 9.14. The molecule has 1 aliphatic carbocycles. The molecule has 3 heteroatoms. The zero-order valence-electron chi connectivity index (χ0n) is 15.4. The molecule has 2 N–H and O–H groups in total. The van der Waals surface area contributed by atoms with Gasteiger partial charge in [0.05, 0.1) is 17.3 Å². The normalized spacial score (nSPS) is 21.9. The molecule has 2 aromatic rings. The van der Waals surface area contributed by atoms with Gasteiger partial charge in [-0.25, -0.2) is 0 Å². The summed E-state index contributed by atoms with van der Waals surface area (Å²) in [5, 5.41) is 1.16. The molecule has 1 aromatic carbocycles. The number of hydrogen-bond donors (Lipinski definition) is 1. The highest BCUT2D eigenvalue weighted by molar-refractivity contribution is 5.83. The van der Waals surface area contributed by atoms with Crippen molar-refractivity contribution in [1.82, 2.24) is 4.98 Å². The minimum atomic E-state index is 0.345. The van der Waals surface area contributed by atoms with E-state index in [1.807, 2.05) is 6.07 Å². The van der Waals surface area contributed by atoms with E-state index in [2.05, 4.69) is 50.9 Å². The molecule has 0 amide bonds. The lowest BCUT2D eigenvalue weighted by molar-refractivity contribution is 0.0883. The monoisotopic (exact) mass is 326 g/mol. The fraction of sp³-hybridized carbons (Fsp3) is 0.571. The van der Waals surface area contributed by atoms with Crippen molar-refractivity contribution in [2.45, 2.75) is 66.0 Å². The fourth-order valence-corrected chi connectivity index (χ4v) is 3.86. The Kier molecular flexibility index (Phi) is 4.82. The quantitative estimate of drug-likeness (QED) is 0.865. The van der Waals surface area contributed by atoms with Crippen LogP contribution >= 0.6 is 0 Å². The summed E-state index contributed by atoms with van der Waals surface area (Å²) in [5.74, 6) is 1.78. The average Bonchev–Trinajstić information content (AvgIpc) is 2.55. The van der Waals surface area contributed by atoms with Crippen molar-refractivity contribution in [3.63, 3.8) is 0 Å². The summed E-state index contributed by atoms with van der Waals surface area (Å²) < 4.78 is 6.28. The van der Waals surface area contributed by atoms with Crippen LogP contribution in [-0.4, -0.2) is 11.1 Å². The second-order valence-electron chi connectivity index (χ2n) is 8.27. The molecule has 1 fully saturated rings. The molecule has 0 bridgehead atoms. The highest BCUT2D eigenvalue weighted by Gasteiger charge is 2.30. The molecule has 0 unspecified atom stereocenters. The van der Waals surface area contributed by atoms with Gasteiger partial charge in [0.2, 0.25) is 0 Å². The smallest absolute Gasteiger partial charge is 0.120 e. The molecule has 0 radical (unpaired) electrons. The van der Waals surface area contributed by atoms with Crippen LogP contribution in [0.1, 0.15) is 57.7 Å². The fourth-order valence-electron chi connectivity index (χ4n) is 3.86. The molecule has 3 nitrogen and oxygen atoms in total. The lowest BCUT2D eigenvalue weighted by Crippen LogP contribution is -2.30. The van der Waals surface area contributed by atoms with E-state index in [9.17, 15) is 0 Å². The van der Waals surface area contributed by atoms with E-state index in [4.69, 9.17) is 10.5 Å². The van der Waals surface area contributed by atoms with Gasteiger partial charge in [0.25, 0.3) is 0 Å². The molecule has 0 atom stereocenters. The highest BCUT2D eigenvalue weighted by atomic mass is 16.5. The molecule has 1 aliphatic rings. The third-order valence-electron chi connectivity index (χ3n) is 5.45. The number of fused-ring (bicyclic) bond motifs is 1. The van der Waals surface area contributed by atoms with Crippen LogP contribution < -0.4 is 10.5 Å². The van der Waals surface area contributed by atoms with Crippen molar-refractivity contribution in [3.8, 4) is 5.75 Å². The molecule has 1 aromatic heterocycles. The standard InChI is InChI=1S/C21H30N2O/c1-14-11-16(13-22)23-20-10-9-18(12-19(14)20)24-17-7-5-15(6-8-17)21(2,3)4/h9-12,15,17H,5-8,13,22H2,1-4H3. The van der Waals surface area contributed by atoms with Crippen molar-refractivity contribution in [2.24, 2.45) is 17.1 Å². The number of aromatic nitrogens is 1. The maximum absolute atomic E-state index is 6.28. The Morgan fingerprint density at radius 2 is 1.83 bits per heavy atom. The number of rotatable bonds is 3. The van der Waals surface area contributed by atoms with Crippen molar-refractivity contribution in [2.75, 3.05) is 0 Å². The summed E-state index contributed by atoms with van der Waals surface area (Å²) in [7, 11) is 0. The summed E-state index contributed by atoms with van der Waals surface area (Å²) in [5.41, 5.74) is 9.28. The zero-order valence-corrected chi connectivity index (χ0v) is 15.4. The van der Waals surface area contributed by atoms with Crippen LogP contribution in [-0.2, 0) is 6.54 Å². The number of pyridine rings is 1. The molecule has 0 spiro atoms. The summed E-state index contributed by atoms with van der Waals surface area (Å²) in [6, 6.07) is 8.30. The van der Waals surface area contributed by atoms with Crippen molar-refractivity contribution in [3.05, 3.63) is 35.5 Å². The first-order valence-electron chi connectivity index (χ1n) is 9.14. The number of nitrogens with zero attached hydrogens (tertiary/aromatic N) is 1. The van der Waals surface area contributed by atoms with E-state index in [1.54, 1.807) is 0 Å². The SMILES string of the molecule is Cc1cc(CN)nc2ccc(OC3CCC(C(C)(C)C)CC3)cc12. The lowest BCUT2D eigenvalue weighted by atomic mass is 9.72. The van der Waals surface area contributed by atoms with Crippen LogP contribution in [0.15, 0.2) is 24.3 Å². The topological polar surface area (TPSA) is 48.1 Å². The summed E-state index contributed by atoms with van der Waals surface area (Å²) >= 11 is 0. The minimum absolute atomic E-state index is 0.345. The maximum atomic E-state index is 6.28. The largest absolute Gasteiger partial charge is 0.490 e. The molecule has 1 saturated carbocycles. The maximum Gasteiger partial charge on any atom is 0.120 e. The van der Waals surface area contributed by atoms with Gasteiger partial charge in [-0.15, -0.1) is 0 Å². The zero-order chi connectivity index (χ0) is 17.3. The van der Waals surface area contributed by atoms with Crippen molar-refractivity contribution in [1.29, 1.82) is 0 Å². The third-order valence-corrected chi connectivity index (χ3v) is 5.45. The van der Waals surface area contributed by atoms with Gasteiger partial charge in [-0.05, 0) is 73.8 Å². The lowest BCUT2D eigenvalue weighted by Gasteiger charge is -2.37. The second-order valence-corrected chi connectivity index (χ2v) is 8.27. The van der Waals surface area contributed by atoms with E-state index in [0.717, 1.165) is 41.1 Å². The van der Waals surface area contributed by atoms with E-state index in [-0.39, 0.29) is 0 Å². The first-order chi connectivity index (χ1) is 11.4. The van der Waals surface area contributed by atoms with Gasteiger partial charge in [-0.1, -0.05) is 20.8 Å². The highest BCUT2D eigenvalue weighted by Crippen LogP contribution is 2.39. The van der Waals surface area contributed by atoms with E-state index < -0.39 is 0 Å². The number of aryl methyl sites for hydroxylation is 1. The molecule has 1 heterocycles. The van der Waals surface area contributed by atoms with Crippen LogP contribution in [0.2, 0.25) is 0 Å². The molecule has 0 aliphatic heterocycles. The van der Waals surface area contributed by atoms with Gasteiger partial charge >= 0.3 is 0 Å². The minimum Gasteiger partial charge on any atom is -0.490 e. The van der Waals surface area contributed by atoms with Crippen LogP contribution in [0.5, 0.6) is 5.75 Å². The van der Waals surface area contributed by atoms with E-state index >= 15 is 0 Å². The summed E-state index contributed by atoms with van der Waals surface area (Å²) in [6.45, 7) is 9.65. The van der Waals surface area contributed by atoms with Gasteiger partial charge in [0, 0.05) is 11.9 Å². The molecule has 130 valence electrons. The Labute approximate surface area is 145 Å². The molecular formula is C21H30N2O. The predicted molar refractivity (Wildman–Crippen MR) is 100 cm³/mol. The van der Waals surface area contributed by atoms with Gasteiger partial charge in [-0.2, -0.15) is 0 Å². The Hall–Kier alpha value is -1.61. The van der Waals surface area contributed by atoms with Gasteiger partial charge in [0.15, 0.2) is 0 Å². The Bertz CT molecular complexity index is 710. The van der Waals surface area contributed by atoms with Gasteiger partial charge in [-0.3, -0.25) is 4.98 Å². The average molecular weight is 326 g/mol. The van der Waals surface area contributed by atoms with Crippen LogP contribution in [0.4, 0.5) is 0 Å². The van der Waals surface area contributed by atoms with Crippen LogP contribution in [0, 0.1) is 18.3 Å². The molecule has 24 heavy (non-hydrogen) atoms. The van der Waals surface area contributed by atoms with E-state index in [1.165, 1.54) is 18.4 Å². The van der Waals surface area contributed by atoms with Gasteiger partial charge < -0.3 is 10.5 Å². The summed E-state index contributed by atoms with van der Waals surface area (Å²) in [6.07, 6.45) is 5.19. The summed E-state index contributed by atoms with van der Waals surface area (Å²) in [4.78, 5) is 4.60. The van der Waals surface area contributed by atoms with Crippen molar-refractivity contribution < 1.29 is 4.74 Å². The first kappa shape index (κ1) is 17.2. The number of benzene rings is 1. The van der Waals surface area contributed by atoms with Crippen LogP contribution in [0.3, 0.4) is 0 Å². The predicted octanol–water partition coefficient (Wildman–Crippen LogP) is 4.99. The van der Waals surface area contributed by atoms with E-state index in [0.29, 0.717) is 18.1 Å². The van der Waals surface area contributed by atoms with Crippen LogP contribution in [0.25, 0.3) is 10.9 Å². The molecule has 3 rings (SSSR count). The van der Waals surface area contributed by atoms with Crippen molar-refractivity contribution >= 4 is 10.9 Å². The number of ether oxygens (including phenoxy) is 1.